The minimum Gasteiger partial charge on any atom is -0.495 e. The molecule has 20 heavy (non-hydrogen) atoms. The van der Waals surface area contributed by atoms with E-state index in [0.717, 1.165) is 0 Å². The lowest BCUT2D eigenvalue weighted by atomic mass is 10.2. The van der Waals surface area contributed by atoms with Gasteiger partial charge in [-0.15, -0.1) is 0 Å². The molecule has 0 fully saturated rings. The Balaban J connectivity index is 2.67. The van der Waals surface area contributed by atoms with Crippen LogP contribution in [0, 0.1) is 0 Å². The quantitative estimate of drug-likeness (QED) is 0.659. The van der Waals surface area contributed by atoms with Crippen LogP contribution in [0.1, 0.15) is 16.8 Å². The van der Waals surface area contributed by atoms with Crippen molar-refractivity contribution in [3.63, 3.8) is 0 Å². The van der Waals surface area contributed by atoms with Crippen LogP contribution in [-0.2, 0) is 4.74 Å². The molecule has 0 unspecified atom stereocenters. The number of rotatable bonds is 7. The molecule has 2 amide bonds. The van der Waals surface area contributed by atoms with Crippen molar-refractivity contribution in [2.45, 2.75) is 6.42 Å². The fourth-order valence-corrected chi connectivity index (χ4v) is 1.52. The van der Waals surface area contributed by atoms with Crippen LogP contribution in [0.3, 0.4) is 0 Å². The summed E-state index contributed by atoms with van der Waals surface area (Å²) in [5, 5.41) is 14.1. The van der Waals surface area contributed by atoms with Gasteiger partial charge in [0, 0.05) is 20.3 Å². The molecule has 7 nitrogen and oxygen atoms in total. The Hall–Kier alpha value is -2.28. The highest BCUT2D eigenvalue weighted by Gasteiger charge is 2.11. The molecule has 0 aliphatic carbocycles. The summed E-state index contributed by atoms with van der Waals surface area (Å²) in [5.41, 5.74) is 0.372. The molecule has 1 aromatic carbocycles. The molecule has 0 radical (unpaired) electrons. The summed E-state index contributed by atoms with van der Waals surface area (Å²) >= 11 is 0. The molecule has 110 valence electrons. The number of carboxylic acids is 1. The molecule has 7 heteroatoms. The second kappa shape index (κ2) is 8.00. The van der Waals surface area contributed by atoms with Crippen molar-refractivity contribution >= 4 is 17.7 Å². The lowest BCUT2D eigenvalue weighted by Crippen LogP contribution is -2.30. The second-order valence-electron chi connectivity index (χ2n) is 3.95. The van der Waals surface area contributed by atoms with Crippen LogP contribution < -0.4 is 15.4 Å². The molecule has 0 heterocycles. The third-order valence-corrected chi connectivity index (χ3v) is 2.51. The van der Waals surface area contributed by atoms with Crippen molar-refractivity contribution in [1.29, 1.82) is 0 Å². The van der Waals surface area contributed by atoms with Crippen LogP contribution in [0.5, 0.6) is 5.75 Å². The van der Waals surface area contributed by atoms with Crippen molar-refractivity contribution in [2.24, 2.45) is 0 Å². The van der Waals surface area contributed by atoms with E-state index in [1.54, 1.807) is 7.11 Å². The molecule has 1 aromatic rings. The predicted molar refractivity (Wildman–Crippen MR) is 73.5 cm³/mol. The number of aromatic carboxylic acids is 1. The molecule has 0 aromatic heterocycles. The number of benzene rings is 1. The molecule has 0 spiro atoms. The second-order valence-corrected chi connectivity index (χ2v) is 3.95. The van der Waals surface area contributed by atoms with Gasteiger partial charge in [-0.1, -0.05) is 0 Å². The third-order valence-electron chi connectivity index (χ3n) is 2.51. The molecule has 3 N–H and O–H groups in total. The highest BCUT2D eigenvalue weighted by atomic mass is 16.5. The first-order valence-corrected chi connectivity index (χ1v) is 6.03. The Bertz CT molecular complexity index is 476. The van der Waals surface area contributed by atoms with Crippen molar-refractivity contribution in [3.05, 3.63) is 23.8 Å². The van der Waals surface area contributed by atoms with E-state index >= 15 is 0 Å². The number of nitrogens with one attached hydrogen (secondary N) is 2. The first-order chi connectivity index (χ1) is 9.58. The Morgan fingerprint density at radius 1 is 1.30 bits per heavy atom. The third kappa shape index (κ3) is 4.77. The van der Waals surface area contributed by atoms with Gasteiger partial charge in [0.25, 0.3) is 0 Å². The molecule has 0 saturated heterocycles. The van der Waals surface area contributed by atoms with Crippen molar-refractivity contribution in [2.75, 3.05) is 32.7 Å². The van der Waals surface area contributed by atoms with E-state index in [1.165, 1.54) is 25.3 Å². The largest absolute Gasteiger partial charge is 0.495 e. The summed E-state index contributed by atoms with van der Waals surface area (Å²) < 4.78 is 9.93. The van der Waals surface area contributed by atoms with Gasteiger partial charge in [0.05, 0.1) is 18.4 Å². The summed E-state index contributed by atoms with van der Waals surface area (Å²) in [7, 11) is 3.03. The van der Waals surface area contributed by atoms with Gasteiger partial charge in [-0.05, 0) is 24.6 Å². The van der Waals surface area contributed by atoms with Gasteiger partial charge < -0.3 is 25.2 Å². The van der Waals surface area contributed by atoms with Crippen molar-refractivity contribution in [1.82, 2.24) is 5.32 Å². The van der Waals surface area contributed by atoms with E-state index in [2.05, 4.69) is 10.6 Å². The lowest BCUT2D eigenvalue weighted by Gasteiger charge is -2.11. The number of carbonyl (C=O) groups is 2. The molecule has 0 saturated carbocycles. The van der Waals surface area contributed by atoms with Crippen LogP contribution in [0.2, 0.25) is 0 Å². The standard InChI is InChI=1S/C13H18N2O5/c1-19-7-3-6-14-13(18)15-10-8-9(12(16)17)4-5-11(10)20-2/h4-5,8H,3,6-7H2,1-2H3,(H,16,17)(H2,14,15,18). The number of urea groups is 1. The van der Waals surface area contributed by atoms with Crippen LogP contribution >= 0.6 is 0 Å². The van der Waals surface area contributed by atoms with Gasteiger partial charge in [0.2, 0.25) is 0 Å². The normalized spacial score (nSPS) is 9.90. The van der Waals surface area contributed by atoms with Gasteiger partial charge >= 0.3 is 12.0 Å². The van der Waals surface area contributed by atoms with Gasteiger partial charge in [0.15, 0.2) is 0 Å². The fourth-order valence-electron chi connectivity index (χ4n) is 1.52. The first-order valence-electron chi connectivity index (χ1n) is 6.03. The highest BCUT2D eigenvalue weighted by molar-refractivity contribution is 5.94. The molecule has 1 rings (SSSR count). The van der Waals surface area contributed by atoms with Crippen LogP contribution in [0.15, 0.2) is 18.2 Å². The molecule has 0 aliphatic rings. The number of carbonyl (C=O) groups excluding carboxylic acids is 1. The van der Waals surface area contributed by atoms with E-state index in [1.807, 2.05) is 0 Å². The SMILES string of the molecule is COCCCNC(=O)Nc1cc(C(=O)O)ccc1OC. The topological polar surface area (TPSA) is 96.9 Å². The van der Waals surface area contributed by atoms with E-state index in [4.69, 9.17) is 14.6 Å². The maximum Gasteiger partial charge on any atom is 0.335 e. The summed E-state index contributed by atoms with van der Waals surface area (Å²) in [5.74, 6) is -0.682. The van der Waals surface area contributed by atoms with Crippen molar-refractivity contribution in [3.8, 4) is 5.75 Å². The Morgan fingerprint density at radius 3 is 2.65 bits per heavy atom. The molecule has 0 bridgehead atoms. The summed E-state index contributed by atoms with van der Waals surface area (Å²) in [6.45, 7) is 1.01. The summed E-state index contributed by atoms with van der Waals surface area (Å²) in [4.78, 5) is 22.6. The molecular formula is C13H18N2O5. The number of hydrogen-bond acceptors (Lipinski definition) is 4. The number of hydrogen-bond donors (Lipinski definition) is 3. The van der Waals surface area contributed by atoms with E-state index < -0.39 is 12.0 Å². The Morgan fingerprint density at radius 2 is 2.05 bits per heavy atom. The van der Waals surface area contributed by atoms with Crippen molar-refractivity contribution < 1.29 is 24.2 Å². The minimum absolute atomic E-state index is 0.0699. The van der Waals surface area contributed by atoms with Gasteiger partial charge in [-0.2, -0.15) is 0 Å². The van der Waals surface area contributed by atoms with Crippen LogP contribution in [0.25, 0.3) is 0 Å². The van der Waals surface area contributed by atoms with Crippen LogP contribution in [-0.4, -0.2) is 44.5 Å². The minimum atomic E-state index is -1.07. The average molecular weight is 282 g/mol. The smallest absolute Gasteiger partial charge is 0.335 e. The van der Waals surface area contributed by atoms with Crippen LogP contribution in [0.4, 0.5) is 10.5 Å². The monoisotopic (exact) mass is 282 g/mol. The predicted octanol–water partition coefficient (Wildman–Crippen LogP) is 1.55. The summed E-state index contributed by atoms with van der Waals surface area (Å²) in [6, 6.07) is 3.81. The lowest BCUT2D eigenvalue weighted by molar-refractivity contribution is 0.0697. The molecular weight excluding hydrogens is 264 g/mol. The number of ether oxygens (including phenoxy) is 2. The van der Waals surface area contributed by atoms with Gasteiger partial charge in [0.1, 0.15) is 5.75 Å². The molecule has 0 aliphatic heterocycles. The zero-order valence-corrected chi connectivity index (χ0v) is 11.4. The first kappa shape index (κ1) is 15.8. The maximum absolute atomic E-state index is 11.7. The maximum atomic E-state index is 11.7. The number of anilines is 1. The van der Waals surface area contributed by atoms with E-state index in [-0.39, 0.29) is 5.56 Å². The zero-order valence-electron chi connectivity index (χ0n) is 11.4. The Labute approximate surface area is 116 Å². The van der Waals surface area contributed by atoms with Gasteiger partial charge in [-0.25, -0.2) is 9.59 Å². The molecule has 0 atom stereocenters. The summed E-state index contributed by atoms with van der Waals surface area (Å²) in [6.07, 6.45) is 0.691. The number of methoxy groups -OCH3 is 2. The zero-order chi connectivity index (χ0) is 15.0. The van der Waals surface area contributed by atoms with E-state index in [9.17, 15) is 9.59 Å². The Kier molecular flexibility index (Phi) is 6.31. The van der Waals surface area contributed by atoms with E-state index in [0.29, 0.717) is 31.0 Å². The number of carboxylic acid groups (broad SMARTS) is 1. The average Bonchev–Trinajstić information content (AvgIpc) is 2.43. The highest BCUT2D eigenvalue weighted by Crippen LogP contribution is 2.25. The number of amides is 2. The fraction of sp³-hybridized carbons (Fsp3) is 0.385. The van der Waals surface area contributed by atoms with Gasteiger partial charge in [-0.3, -0.25) is 0 Å².